The molecule has 0 aliphatic carbocycles. The van der Waals surface area contributed by atoms with E-state index in [4.69, 9.17) is 10.5 Å². The molecule has 1 amide bonds. The lowest BCUT2D eigenvalue weighted by atomic mass is 10.0. The smallest absolute Gasteiger partial charge is 0.239 e. The molecule has 9 heteroatoms. The van der Waals surface area contributed by atoms with Gasteiger partial charge in [0.2, 0.25) is 11.9 Å². The van der Waals surface area contributed by atoms with Gasteiger partial charge in [-0.1, -0.05) is 13.8 Å². The molecule has 1 aromatic heterocycles. The zero-order valence-corrected chi connectivity index (χ0v) is 18.4. The van der Waals surface area contributed by atoms with Crippen molar-refractivity contribution in [2.45, 2.75) is 58.1 Å². The third-order valence-corrected chi connectivity index (χ3v) is 5.31. The maximum absolute atomic E-state index is 12.3. The Morgan fingerprint density at radius 2 is 1.64 bits per heavy atom. The van der Waals surface area contributed by atoms with E-state index in [0.29, 0.717) is 18.8 Å². The SMILES string of the molecule is CC(C)[C@H](N)C(=O)N1CCC(Oc2cnc(N3CCCCC3)nc2)CC1.Cl.Cl. The number of hydrogen-bond donors (Lipinski definition) is 1. The lowest BCUT2D eigenvalue weighted by Crippen LogP contribution is -2.50. The first-order valence-electron chi connectivity index (χ1n) is 9.82. The summed E-state index contributed by atoms with van der Waals surface area (Å²) in [5, 5.41) is 0. The van der Waals surface area contributed by atoms with Gasteiger partial charge in [-0.2, -0.15) is 0 Å². The number of nitrogens with two attached hydrogens (primary N) is 1. The molecule has 160 valence electrons. The molecule has 3 heterocycles. The van der Waals surface area contributed by atoms with E-state index in [2.05, 4.69) is 14.9 Å². The molecule has 3 rings (SSSR count). The minimum Gasteiger partial charge on any atom is -0.487 e. The van der Waals surface area contributed by atoms with Crippen molar-refractivity contribution in [2.75, 3.05) is 31.1 Å². The van der Waals surface area contributed by atoms with Crippen LogP contribution < -0.4 is 15.4 Å². The minimum absolute atomic E-state index is 0. The Hall–Kier alpha value is -1.31. The van der Waals surface area contributed by atoms with Crippen molar-refractivity contribution in [1.82, 2.24) is 14.9 Å². The van der Waals surface area contributed by atoms with E-state index in [-0.39, 0.29) is 42.7 Å². The van der Waals surface area contributed by atoms with Crippen molar-refractivity contribution in [3.8, 4) is 5.75 Å². The van der Waals surface area contributed by atoms with Crippen molar-refractivity contribution in [3.05, 3.63) is 12.4 Å². The predicted octanol–water partition coefficient (Wildman–Crippen LogP) is 2.66. The topological polar surface area (TPSA) is 84.6 Å². The first-order chi connectivity index (χ1) is 12.5. The van der Waals surface area contributed by atoms with Crippen LogP contribution in [0.25, 0.3) is 0 Å². The molecule has 0 aromatic carbocycles. The maximum atomic E-state index is 12.3. The monoisotopic (exact) mass is 433 g/mol. The largest absolute Gasteiger partial charge is 0.487 e. The molecule has 2 aliphatic heterocycles. The van der Waals surface area contributed by atoms with Crippen molar-refractivity contribution in [3.63, 3.8) is 0 Å². The molecule has 0 saturated carbocycles. The third kappa shape index (κ3) is 6.36. The fourth-order valence-corrected chi connectivity index (χ4v) is 3.51. The average molecular weight is 434 g/mol. The number of amides is 1. The second kappa shape index (κ2) is 11.6. The van der Waals surface area contributed by atoms with Crippen LogP contribution in [0.5, 0.6) is 5.75 Å². The van der Waals surface area contributed by atoms with E-state index in [0.717, 1.165) is 31.9 Å². The van der Waals surface area contributed by atoms with Gasteiger partial charge in [-0.25, -0.2) is 9.97 Å². The van der Waals surface area contributed by atoms with Gasteiger partial charge in [0.15, 0.2) is 5.75 Å². The lowest BCUT2D eigenvalue weighted by molar-refractivity contribution is -0.135. The molecule has 28 heavy (non-hydrogen) atoms. The van der Waals surface area contributed by atoms with Gasteiger partial charge < -0.3 is 20.3 Å². The highest BCUT2D eigenvalue weighted by Crippen LogP contribution is 2.21. The van der Waals surface area contributed by atoms with Crippen LogP contribution in [0.4, 0.5) is 5.95 Å². The van der Waals surface area contributed by atoms with Crippen LogP contribution in [0.2, 0.25) is 0 Å². The molecule has 1 aromatic rings. The molecular formula is C19H33Cl2N5O2. The molecule has 2 saturated heterocycles. The van der Waals surface area contributed by atoms with Gasteiger partial charge in [0, 0.05) is 39.0 Å². The normalized spacial score (nSPS) is 18.9. The van der Waals surface area contributed by atoms with E-state index in [9.17, 15) is 4.79 Å². The zero-order chi connectivity index (χ0) is 18.5. The van der Waals surface area contributed by atoms with E-state index < -0.39 is 6.04 Å². The van der Waals surface area contributed by atoms with Crippen molar-refractivity contribution in [2.24, 2.45) is 11.7 Å². The molecule has 0 unspecified atom stereocenters. The summed E-state index contributed by atoms with van der Waals surface area (Å²) in [7, 11) is 0. The highest BCUT2D eigenvalue weighted by atomic mass is 35.5. The lowest BCUT2D eigenvalue weighted by Gasteiger charge is -2.34. The Balaban J connectivity index is 0.00000196. The summed E-state index contributed by atoms with van der Waals surface area (Å²) in [4.78, 5) is 25.3. The summed E-state index contributed by atoms with van der Waals surface area (Å²) in [6.07, 6.45) is 8.96. The van der Waals surface area contributed by atoms with E-state index in [1.165, 1.54) is 19.3 Å². The molecule has 0 radical (unpaired) electrons. The van der Waals surface area contributed by atoms with E-state index in [1.807, 2.05) is 18.7 Å². The van der Waals surface area contributed by atoms with Crippen LogP contribution >= 0.6 is 24.8 Å². The Morgan fingerprint density at radius 1 is 1.07 bits per heavy atom. The Bertz CT molecular complexity index is 588. The van der Waals surface area contributed by atoms with Crippen LogP contribution in [-0.4, -0.2) is 59.1 Å². The molecule has 2 aliphatic rings. The van der Waals surface area contributed by atoms with Gasteiger partial charge in [-0.05, 0) is 25.2 Å². The van der Waals surface area contributed by atoms with Crippen molar-refractivity contribution < 1.29 is 9.53 Å². The van der Waals surface area contributed by atoms with Crippen LogP contribution in [0.1, 0.15) is 46.0 Å². The van der Waals surface area contributed by atoms with Gasteiger partial charge >= 0.3 is 0 Å². The average Bonchev–Trinajstić information content (AvgIpc) is 2.68. The summed E-state index contributed by atoms with van der Waals surface area (Å²) in [6.45, 7) is 7.40. The summed E-state index contributed by atoms with van der Waals surface area (Å²) < 4.78 is 6.02. The second-order valence-electron chi connectivity index (χ2n) is 7.68. The predicted molar refractivity (Wildman–Crippen MR) is 116 cm³/mol. The number of hydrogen-bond acceptors (Lipinski definition) is 6. The Kier molecular flexibility index (Phi) is 10.3. The first-order valence-corrected chi connectivity index (χ1v) is 9.82. The Labute approximate surface area is 180 Å². The number of carbonyl (C=O) groups excluding carboxylic acids is 1. The van der Waals surface area contributed by atoms with Gasteiger partial charge in [0.05, 0.1) is 18.4 Å². The molecular weight excluding hydrogens is 401 g/mol. The molecule has 2 N–H and O–H groups in total. The van der Waals surface area contributed by atoms with Crippen LogP contribution in [0.15, 0.2) is 12.4 Å². The number of halogens is 2. The molecule has 0 bridgehead atoms. The number of nitrogens with zero attached hydrogens (tertiary/aromatic N) is 4. The number of likely N-dealkylation sites (tertiary alicyclic amines) is 1. The fourth-order valence-electron chi connectivity index (χ4n) is 3.51. The first kappa shape index (κ1) is 24.7. The van der Waals surface area contributed by atoms with Gasteiger partial charge in [-0.15, -0.1) is 24.8 Å². The van der Waals surface area contributed by atoms with Crippen LogP contribution in [0.3, 0.4) is 0 Å². The Morgan fingerprint density at radius 3 is 2.18 bits per heavy atom. The second-order valence-corrected chi connectivity index (χ2v) is 7.68. The number of aromatic nitrogens is 2. The standard InChI is InChI=1S/C19H31N5O2.2ClH/c1-14(2)17(20)18(25)23-10-6-15(7-11-23)26-16-12-21-19(22-13-16)24-8-4-3-5-9-24;;/h12-15,17H,3-11,20H2,1-2H3;2*1H/t17-;;/m0../s1. The molecule has 0 spiro atoms. The zero-order valence-electron chi connectivity index (χ0n) is 16.7. The number of carbonyl (C=O) groups is 1. The van der Waals surface area contributed by atoms with Gasteiger partial charge in [0.25, 0.3) is 0 Å². The highest BCUT2D eigenvalue weighted by Gasteiger charge is 2.28. The van der Waals surface area contributed by atoms with Crippen molar-refractivity contribution >= 4 is 36.7 Å². The van der Waals surface area contributed by atoms with E-state index in [1.54, 1.807) is 12.4 Å². The highest BCUT2D eigenvalue weighted by molar-refractivity contribution is 5.85. The quantitative estimate of drug-likeness (QED) is 0.767. The summed E-state index contributed by atoms with van der Waals surface area (Å²) >= 11 is 0. The van der Waals surface area contributed by atoms with Gasteiger partial charge in [0.1, 0.15) is 6.10 Å². The van der Waals surface area contributed by atoms with Gasteiger partial charge in [-0.3, -0.25) is 4.79 Å². The summed E-state index contributed by atoms with van der Waals surface area (Å²) in [5.74, 6) is 1.70. The molecule has 2 fully saturated rings. The fraction of sp³-hybridized carbons (Fsp3) is 0.737. The summed E-state index contributed by atoms with van der Waals surface area (Å²) in [5.41, 5.74) is 5.98. The number of piperidine rings is 2. The number of ether oxygens (including phenoxy) is 1. The third-order valence-electron chi connectivity index (χ3n) is 5.31. The molecule has 1 atom stereocenters. The number of anilines is 1. The van der Waals surface area contributed by atoms with Crippen LogP contribution in [0, 0.1) is 5.92 Å². The maximum Gasteiger partial charge on any atom is 0.239 e. The minimum atomic E-state index is -0.414. The van der Waals surface area contributed by atoms with Crippen molar-refractivity contribution in [1.29, 1.82) is 0 Å². The number of rotatable bonds is 5. The summed E-state index contributed by atoms with van der Waals surface area (Å²) in [6, 6.07) is -0.414. The van der Waals surface area contributed by atoms with E-state index >= 15 is 0 Å². The molecule has 7 nitrogen and oxygen atoms in total. The van der Waals surface area contributed by atoms with Crippen LogP contribution in [-0.2, 0) is 4.79 Å².